The fraction of sp³-hybridized carbons (Fsp3) is 0.506. The van der Waals surface area contributed by atoms with Crippen LogP contribution in [0.5, 0.6) is 17.2 Å². The maximum atomic E-state index is 13.0. The Morgan fingerprint density at radius 3 is 1.07 bits per heavy atom. The Morgan fingerprint density at radius 1 is 0.321 bits per heavy atom. The number of hydrogen-bond acceptors (Lipinski definition) is 22. The van der Waals surface area contributed by atoms with Crippen LogP contribution in [0.15, 0.2) is 127 Å². The lowest BCUT2D eigenvalue weighted by Gasteiger charge is -2.35. The highest BCUT2D eigenvalue weighted by molar-refractivity contribution is 5.94. The Labute approximate surface area is 644 Å². The first kappa shape index (κ1) is 87.3. The van der Waals surface area contributed by atoms with Crippen molar-refractivity contribution in [2.75, 3.05) is 226 Å². The molecule has 0 aromatic heterocycles. The third-order valence-electron chi connectivity index (χ3n) is 18.6. The van der Waals surface area contributed by atoms with E-state index in [1.165, 1.54) is 33.4 Å². The van der Waals surface area contributed by atoms with Crippen molar-refractivity contribution in [1.82, 2.24) is 0 Å². The number of aliphatic hydroxyl groups excluding tert-OH is 2. The molecule has 0 unspecified atom stereocenters. The Bertz CT molecular complexity index is 3610. The summed E-state index contributed by atoms with van der Waals surface area (Å²) in [6, 6.07) is 45.4. The molecule has 0 saturated carbocycles. The van der Waals surface area contributed by atoms with Gasteiger partial charge < -0.3 is 100 Å². The van der Waals surface area contributed by atoms with Gasteiger partial charge in [0.05, 0.1) is 204 Å². The number of hydrogen-bond donors (Lipinski definition) is 2. The maximum Gasteiger partial charge on any atom is 0.341 e. The molecule has 0 atom stereocenters. The van der Waals surface area contributed by atoms with Crippen LogP contribution in [-0.4, -0.2) is 242 Å². The van der Waals surface area contributed by atoms with Gasteiger partial charge in [-0.15, -0.1) is 0 Å². The molecule has 7 aromatic carbocycles. The number of carbonyl (C=O) groups is 1. The van der Waals surface area contributed by atoms with Crippen molar-refractivity contribution >= 4 is 5.97 Å². The number of aliphatic hydroxyl groups is 2. The predicted molar refractivity (Wildman–Crippen MR) is 416 cm³/mol. The average Bonchev–Trinajstić information content (AvgIpc) is 1.55. The van der Waals surface area contributed by atoms with Gasteiger partial charge in [0.2, 0.25) is 0 Å². The molecule has 2 aliphatic rings. The smallest absolute Gasteiger partial charge is 0.341 e. The lowest BCUT2D eigenvalue weighted by Crippen LogP contribution is -2.29. The Morgan fingerprint density at radius 2 is 0.651 bits per heavy atom. The normalized spacial score (nSPS) is 12.8. The zero-order valence-electron chi connectivity index (χ0n) is 65.5. The quantitative estimate of drug-likeness (QED) is 0.0266. The van der Waals surface area contributed by atoms with Crippen LogP contribution >= 0.6 is 0 Å². The van der Waals surface area contributed by atoms with Gasteiger partial charge in [-0.05, 0) is 138 Å². The summed E-state index contributed by atoms with van der Waals surface area (Å²) >= 11 is 0. The van der Waals surface area contributed by atoms with E-state index in [4.69, 9.17) is 100 Å². The first-order chi connectivity index (χ1) is 53.4. The first-order valence-corrected chi connectivity index (χ1v) is 37.9. The van der Waals surface area contributed by atoms with Gasteiger partial charge in [0.15, 0.2) is 11.5 Å². The van der Waals surface area contributed by atoms with E-state index in [0.717, 1.165) is 61.2 Å². The van der Waals surface area contributed by atoms with E-state index in [2.05, 4.69) is 144 Å². The minimum Gasteiger partial charge on any atom is -0.490 e. The molecule has 22 nitrogen and oxygen atoms in total. The fourth-order valence-corrected chi connectivity index (χ4v) is 13.2. The molecular formula is C87H116O22. The summed E-state index contributed by atoms with van der Waals surface area (Å²) in [7, 11) is 4.93. The monoisotopic (exact) mass is 1510 g/mol. The van der Waals surface area contributed by atoms with Crippen LogP contribution in [0.25, 0.3) is 22.3 Å². The second kappa shape index (κ2) is 48.5. The summed E-state index contributed by atoms with van der Waals surface area (Å²) in [6.07, 6.45) is 0. The molecule has 0 aliphatic heterocycles. The topological polar surface area (TPSA) is 233 Å². The first-order valence-electron chi connectivity index (χ1n) is 37.9. The molecule has 0 saturated heterocycles. The molecule has 22 heteroatoms. The molecule has 7 aromatic rings. The molecule has 0 amide bonds. The molecular weight excluding hydrogens is 1400 g/mol. The zero-order chi connectivity index (χ0) is 77.3. The van der Waals surface area contributed by atoms with Crippen LogP contribution in [0.3, 0.4) is 0 Å². The summed E-state index contributed by atoms with van der Waals surface area (Å²) < 4.78 is 108. The van der Waals surface area contributed by atoms with E-state index < -0.39 is 16.8 Å². The number of aryl methyl sites for hydroxylation is 4. The minimum atomic E-state index is -0.793. The lowest BCUT2D eigenvalue weighted by molar-refractivity contribution is 0.00160. The van der Waals surface area contributed by atoms with Crippen molar-refractivity contribution in [2.45, 2.75) is 65.6 Å². The van der Waals surface area contributed by atoms with E-state index in [1.807, 2.05) is 18.2 Å². The van der Waals surface area contributed by atoms with Crippen LogP contribution in [0, 0.1) is 27.7 Å². The van der Waals surface area contributed by atoms with Crippen LogP contribution in [0.1, 0.15) is 96.5 Å². The van der Waals surface area contributed by atoms with E-state index >= 15 is 0 Å². The minimum absolute atomic E-state index is 0.0227. The number of fused-ring (bicyclic) bond motifs is 6. The Hall–Kier alpha value is -7.27. The predicted octanol–water partition coefficient (Wildman–Crippen LogP) is 11.7. The van der Waals surface area contributed by atoms with Gasteiger partial charge in [-0.3, -0.25) is 0 Å². The molecule has 596 valence electrons. The summed E-state index contributed by atoms with van der Waals surface area (Å²) in [5.74, 6) is 1.26. The third-order valence-corrected chi connectivity index (χ3v) is 18.6. The molecule has 0 heterocycles. The highest BCUT2D eigenvalue weighted by Gasteiger charge is 2.47. The van der Waals surface area contributed by atoms with Crippen molar-refractivity contribution in [3.8, 4) is 39.5 Å². The maximum absolute atomic E-state index is 13.0. The number of rotatable bonds is 55. The Balaban J connectivity index is 0.000000329. The van der Waals surface area contributed by atoms with Crippen LogP contribution in [-0.2, 0) is 99.8 Å². The van der Waals surface area contributed by atoms with Gasteiger partial charge in [0.1, 0.15) is 31.1 Å². The number of ether oxygens (including phenoxy) is 19. The van der Waals surface area contributed by atoms with Crippen molar-refractivity contribution in [2.24, 2.45) is 0 Å². The highest BCUT2D eigenvalue weighted by Crippen LogP contribution is 2.58. The number of benzene rings is 7. The van der Waals surface area contributed by atoms with E-state index in [1.54, 1.807) is 28.3 Å². The molecule has 0 fully saturated rings. The van der Waals surface area contributed by atoms with E-state index in [-0.39, 0.29) is 39.6 Å². The number of carbonyl (C=O) groups excluding carboxylic acids is 1. The average molecular weight is 1510 g/mol. The van der Waals surface area contributed by atoms with E-state index in [9.17, 15) is 4.79 Å². The van der Waals surface area contributed by atoms with Crippen molar-refractivity contribution in [3.63, 3.8) is 0 Å². The molecule has 0 radical (unpaired) electrons. The van der Waals surface area contributed by atoms with Crippen molar-refractivity contribution in [1.29, 1.82) is 0 Å². The molecule has 2 aliphatic carbocycles. The second-order valence-corrected chi connectivity index (χ2v) is 26.3. The molecule has 0 bridgehead atoms. The van der Waals surface area contributed by atoms with Gasteiger partial charge in [-0.1, -0.05) is 125 Å². The highest BCUT2D eigenvalue weighted by atomic mass is 16.6. The fourth-order valence-electron chi connectivity index (χ4n) is 13.2. The largest absolute Gasteiger partial charge is 0.490 e. The number of esters is 1. The van der Waals surface area contributed by atoms with Crippen LogP contribution in [0.2, 0.25) is 0 Å². The van der Waals surface area contributed by atoms with E-state index in [0.29, 0.717) is 201 Å². The summed E-state index contributed by atoms with van der Waals surface area (Å²) in [6.45, 7) is 25.1. The standard InChI is InChI=1S/C55H78O16.C32H38O6/c1-43-5-10-49-50-11-6-44(2)38-52(50)55(51(49)37-43,47-8-7-45(41-68-31-29-64-23-21-60-15-13-56)46(39-47)42-69-32-30-65-24-22-61-16-14-57)48-9-12-53(70-35-33-66-27-25-62-19-17-58-3)54(40-48)71-36-34-67-28-26-63-20-18-59-4;1-6-37-31(33)27-21-24(9-12-30(27)38-18-17-36-16-15-35-14-13-34-5)32(4)28-19-22(2)7-10-25(28)26-11-8-23(3)20-29(26)32/h5-12,37-40,56-57H,13-36,41-42H2,1-4H3;7-12,19-21H,6,13-18H2,1-5H3. The molecule has 2 N–H and O–H groups in total. The summed E-state index contributed by atoms with van der Waals surface area (Å²) in [4.78, 5) is 13.0. The molecule has 9 rings (SSSR count). The third kappa shape index (κ3) is 25.6. The number of methoxy groups -OCH3 is 3. The van der Waals surface area contributed by atoms with Gasteiger partial charge in [0.25, 0.3) is 0 Å². The second-order valence-electron chi connectivity index (χ2n) is 26.3. The Kier molecular flexibility index (Phi) is 38.8. The molecule has 0 spiro atoms. The lowest BCUT2D eigenvalue weighted by atomic mass is 9.67. The van der Waals surface area contributed by atoms with Crippen molar-refractivity contribution < 1.29 is 105 Å². The molecule has 109 heavy (non-hydrogen) atoms. The van der Waals surface area contributed by atoms with Gasteiger partial charge in [0, 0.05) is 26.7 Å². The van der Waals surface area contributed by atoms with Gasteiger partial charge in [-0.2, -0.15) is 0 Å². The van der Waals surface area contributed by atoms with Crippen molar-refractivity contribution in [3.05, 3.63) is 205 Å². The van der Waals surface area contributed by atoms with Crippen LogP contribution in [0.4, 0.5) is 0 Å². The zero-order valence-corrected chi connectivity index (χ0v) is 65.5. The summed E-state index contributed by atoms with van der Waals surface area (Å²) in [5, 5.41) is 18.0. The van der Waals surface area contributed by atoms with Crippen LogP contribution < -0.4 is 14.2 Å². The summed E-state index contributed by atoms with van der Waals surface area (Å²) in [5.41, 5.74) is 18.5. The van der Waals surface area contributed by atoms with Gasteiger partial charge in [-0.25, -0.2) is 4.79 Å². The SMILES string of the molecule is CCOC(=O)c1cc(C2(C)c3cc(C)ccc3-c3ccc(C)cc32)ccc1OCCOCCOCCOC.COCCOCCOCCOc1ccc(C2(c3ccc(COCCOCCOCCO)c(COCCOCCOCCO)c3)c3cc(C)ccc3-c3ccc(C)cc32)cc1OCCOCCOCCOC. The van der Waals surface area contributed by atoms with Gasteiger partial charge >= 0.3 is 5.97 Å².